The molecular formula is C17H18F3N3OS. The van der Waals surface area contributed by atoms with Crippen LogP contribution in [0.4, 0.5) is 13.2 Å². The Morgan fingerprint density at radius 1 is 1.24 bits per heavy atom. The third kappa shape index (κ3) is 4.18. The number of alkyl halides is 3. The minimum atomic E-state index is -4.52. The van der Waals surface area contributed by atoms with Crippen molar-refractivity contribution in [3.8, 4) is 0 Å². The first-order valence-electron chi connectivity index (χ1n) is 8.05. The summed E-state index contributed by atoms with van der Waals surface area (Å²) in [4.78, 5) is 0.951. The van der Waals surface area contributed by atoms with E-state index < -0.39 is 11.9 Å². The van der Waals surface area contributed by atoms with Crippen LogP contribution in [-0.4, -0.2) is 26.5 Å². The molecule has 0 amide bonds. The van der Waals surface area contributed by atoms with Gasteiger partial charge in [0.1, 0.15) is 5.71 Å². The van der Waals surface area contributed by atoms with Crippen LogP contribution in [0.2, 0.25) is 0 Å². The number of thioether (sulfide) groups is 1. The van der Waals surface area contributed by atoms with Crippen LogP contribution < -0.4 is 0 Å². The summed E-state index contributed by atoms with van der Waals surface area (Å²) in [6.45, 7) is 0. The molecule has 8 heteroatoms. The van der Waals surface area contributed by atoms with Crippen molar-refractivity contribution in [3.05, 3.63) is 47.8 Å². The molecule has 0 saturated heterocycles. The van der Waals surface area contributed by atoms with Gasteiger partial charge in [-0.1, -0.05) is 36.2 Å². The highest BCUT2D eigenvalue weighted by Crippen LogP contribution is 2.35. The summed E-state index contributed by atoms with van der Waals surface area (Å²) in [6, 6.07) is 10.3. The van der Waals surface area contributed by atoms with Crippen molar-refractivity contribution in [1.29, 1.82) is 0 Å². The van der Waals surface area contributed by atoms with E-state index >= 15 is 0 Å². The second-order valence-electron chi connectivity index (χ2n) is 5.94. The standard InChI is InChI=1S/C17H18F3N3OS/c18-17(19,20)16-10-15(23(21-16)12-6-4-5-7-12)14(22-24)11-25-13-8-2-1-3-9-13/h1-3,8-10,12,24H,4-7,11H2/b22-14-. The molecule has 1 fully saturated rings. The van der Waals surface area contributed by atoms with E-state index in [1.54, 1.807) is 0 Å². The van der Waals surface area contributed by atoms with Crippen LogP contribution in [0.15, 0.2) is 46.4 Å². The number of hydrogen-bond donors (Lipinski definition) is 1. The molecule has 25 heavy (non-hydrogen) atoms. The zero-order chi connectivity index (χ0) is 17.9. The Kier molecular flexibility index (Phi) is 5.36. The number of oxime groups is 1. The molecule has 0 unspecified atom stereocenters. The van der Waals surface area contributed by atoms with E-state index in [4.69, 9.17) is 0 Å². The number of halogens is 3. The predicted octanol–water partition coefficient (Wildman–Crippen LogP) is 4.99. The van der Waals surface area contributed by atoms with Crippen LogP contribution in [0.25, 0.3) is 0 Å². The van der Waals surface area contributed by atoms with Gasteiger partial charge in [-0.25, -0.2) is 0 Å². The summed E-state index contributed by atoms with van der Waals surface area (Å²) in [5.41, 5.74) is -0.505. The molecule has 1 aliphatic carbocycles. The second-order valence-corrected chi connectivity index (χ2v) is 6.99. The molecule has 134 valence electrons. The molecule has 4 nitrogen and oxygen atoms in total. The number of hydrogen-bond acceptors (Lipinski definition) is 4. The third-order valence-corrected chi connectivity index (χ3v) is 5.26. The van der Waals surface area contributed by atoms with Gasteiger partial charge >= 0.3 is 6.18 Å². The monoisotopic (exact) mass is 369 g/mol. The van der Waals surface area contributed by atoms with Crippen molar-refractivity contribution in [2.24, 2.45) is 5.16 Å². The number of nitrogens with zero attached hydrogens (tertiary/aromatic N) is 3. The lowest BCUT2D eigenvalue weighted by molar-refractivity contribution is -0.141. The van der Waals surface area contributed by atoms with Crippen LogP contribution in [0.5, 0.6) is 0 Å². The van der Waals surface area contributed by atoms with Crippen LogP contribution in [-0.2, 0) is 6.18 Å². The zero-order valence-electron chi connectivity index (χ0n) is 13.4. The molecule has 1 aromatic heterocycles. The SMILES string of the molecule is O/N=C(/CSc1ccccc1)c1cc(C(F)(F)F)nn1C1CCCC1. The van der Waals surface area contributed by atoms with Crippen molar-refractivity contribution >= 4 is 17.5 Å². The van der Waals surface area contributed by atoms with Crippen molar-refractivity contribution in [2.45, 2.75) is 42.8 Å². The highest BCUT2D eigenvalue weighted by atomic mass is 32.2. The Morgan fingerprint density at radius 3 is 2.52 bits per heavy atom. The van der Waals surface area contributed by atoms with Crippen LogP contribution in [0, 0.1) is 0 Å². The highest BCUT2D eigenvalue weighted by Gasteiger charge is 2.37. The average molecular weight is 369 g/mol. The van der Waals surface area contributed by atoms with Gasteiger partial charge in [-0.05, 0) is 31.0 Å². The maximum atomic E-state index is 13.1. The van der Waals surface area contributed by atoms with Gasteiger partial charge in [0.2, 0.25) is 0 Å². The summed E-state index contributed by atoms with van der Waals surface area (Å²) < 4.78 is 40.7. The molecule has 2 aromatic rings. The smallest absolute Gasteiger partial charge is 0.411 e. The quantitative estimate of drug-likeness (QED) is 0.350. The van der Waals surface area contributed by atoms with Crippen molar-refractivity contribution < 1.29 is 18.4 Å². The Balaban J connectivity index is 1.88. The number of aromatic nitrogens is 2. The fraction of sp³-hybridized carbons (Fsp3) is 0.412. The van der Waals surface area contributed by atoms with E-state index in [2.05, 4.69) is 10.3 Å². The molecule has 1 heterocycles. The molecule has 1 saturated carbocycles. The summed E-state index contributed by atoms with van der Waals surface area (Å²) in [5.74, 6) is 0.260. The van der Waals surface area contributed by atoms with Gasteiger partial charge in [-0.3, -0.25) is 4.68 Å². The van der Waals surface area contributed by atoms with Crippen molar-refractivity contribution in [2.75, 3.05) is 5.75 Å². The molecule has 1 aromatic carbocycles. The van der Waals surface area contributed by atoms with E-state index in [9.17, 15) is 18.4 Å². The average Bonchev–Trinajstić information content (AvgIpc) is 3.25. The lowest BCUT2D eigenvalue weighted by Gasteiger charge is -2.14. The topological polar surface area (TPSA) is 50.4 Å². The molecule has 0 radical (unpaired) electrons. The third-order valence-electron chi connectivity index (χ3n) is 4.23. The Labute approximate surface area is 147 Å². The van der Waals surface area contributed by atoms with Gasteiger partial charge in [0.15, 0.2) is 5.69 Å². The molecule has 0 aliphatic heterocycles. The van der Waals surface area contributed by atoms with Crippen LogP contribution in [0.1, 0.15) is 43.1 Å². The zero-order valence-corrected chi connectivity index (χ0v) is 14.2. The molecule has 0 bridgehead atoms. The summed E-state index contributed by atoms with van der Waals surface area (Å²) in [7, 11) is 0. The summed E-state index contributed by atoms with van der Waals surface area (Å²) in [5, 5.41) is 16.4. The summed E-state index contributed by atoms with van der Waals surface area (Å²) >= 11 is 1.40. The van der Waals surface area contributed by atoms with Gasteiger partial charge in [-0.15, -0.1) is 11.8 Å². The fourth-order valence-electron chi connectivity index (χ4n) is 3.00. The van der Waals surface area contributed by atoms with Gasteiger partial charge < -0.3 is 5.21 Å². The molecule has 3 rings (SSSR count). The molecule has 1 N–H and O–H groups in total. The first-order valence-corrected chi connectivity index (χ1v) is 9.03. The largest absolute Gasteiger partial charge is 0.435 e. The molecule has 1 aliphatic rings. The van der Waals surface area contributed by atoms with E-state index in [1.807, 2.05) is 30.3 Å². The van der Waals surface area contributed by atoms with Crippen LogP contribution in [0.3, 0.4) is 0 Å². The first kappa shape index (κ1) is 17.8. The van der Waals surface area contributed by atoms with Crippen molar-refractivity contribution in [3.63, 3.8) is 0 Å². The summed E-state index contributed by atoms with van der Waals surface area (Å²) in [6.07, 6.45) is -1.01. The lowest BCUT2D eigenvalue weighted by atomic mass is 10.2. The Bertz CT molecular complexity index is 737. The number of rotatable bonds is 5. The van der Waals surface area contributed by atoms with Gasteiger partial charge in [0.05, 0.1) is 11.7 Å². The minimum Gasteiger partial charge on any atom is -0.411 e. The second kappa shape index (κ2) is 7.51. The predicted molar refractivity (Wildman–Crippen MR) is 90.2 cm³/mol. The van der Waals surface area contributed by atoms with E-state index in [0.29, 0.717) is 0 Å². The maximum absolute atomic E-state index is 13.1. The van der Waals surface area contributed by atoms with E-state index in [1.165, 1.54) is 16.4 Å². The van der Waals surface area contributed by atoms with E-state index in [0.717, 1.165) is 36.6 Å². The van der Waals surface area contributed by atoms with Gasteiger partial charge in [0.25, 0.3) is 0 Å². The first-order chi connectivity index (χ1) is 12.0. The fourth-order valence-corrected chi connectivity index (χ4v) is 3.86. The number of benzene rings is 1. The van der Waals surface area contributed by atoms with Gasteiger partial charge in [-0.2, -0.15) is 18.3 Å². The molecule has 0 atom stereocenters. The Morgan fingerprint density at radius 2 is 1.92 bits per heavy atom. The highest BCUT2D eigenvalue weighted by molar-refractivity contribution is 8.00. The van der Waals surface area contributed by atoms with Crippen LogP contribution >= 0.6 is 11.8 Å². The molecule has 0 spiro atoms. The molecular weight excluding hydrogens is 351 g/mol. The lowest BCUT2D eigenvalue weighted by Crippen LogP contribution is -2.17. The van der Waals surface area contributed by atoms with E-state index in [-0.39, 0.29) is 23.2 Å². The Hall–Kier alpha value is -1.96. The van der Waals surface area contributed by atoms with Gasteiger partial charge in [0, 0.05) is 10.6 Å². The van der Waals surface area contributed by atoms with Crippen molar-refractivity contribution in [1.82, 2.24) is 9.78 Å². The maximum Gasteiger partial charge on any atom is 0.435 e. The normalized spacial score (nSPS) is 16.5. The minimum absolute atomic E-state index is 0.0791.